The first-order valence-corrected chi connectivity index (χ1v) is 14.2. The van der Waals surface area contributed by atoms with Crippen LogP contribution in [0.2, 0.25) is 0 Å². The van der Waals surface area contributed by atoms with Crippen molar-refractivity contribution in [1.29, 1.82) is 0 Å². The van der Waals surface area contributed by atoms with Crippen LogP contribution in [0.4, 0.5) is 4.79 Å². The number of aromatic nitrogens is 1. The lowest BCUT2D eigenvalue weighted by molar-refractivity contribution is 0.0933. The van der Waals surface area contributed by atoms with Crippen LogP contribution in [-0.2, 0) is 21.3 Å². The first-order valence-electron chi connectivity index (χ1n) is 12.0. The second-order valence-corrected chi connectivity index (χ2v) is 11.7. The number of carbonyl (C=O) groups excluding carboxylic acids is 2. The van der Waals surface area contributed by atoms with Crippen LogP contribution in [0.15, 0.2) is 58.9 Å². The van der Waals surface area contributed by atoms with E-state index >= 15 is 0 Å². The maximum atomic E-state index is 13.1. The van der Waals surface area contributed by atoms with E-state index in [-0.39, 0.29) is 37.7 Å². The molecule has 2 aromatic carbocycles. The lowest BCUT2D eigenvalue weighted by atomic mass is 10.1. The SMILES string of the molecule is C=CCn1c(=NC(=O)c2ccc(S(=O)(=O)N3CCN(C(=O)OCC)CC3)cc2)sc2cc(C)c(C)cc21. The Bertz CT molecular complexity index is 1510. The van der Waals surface area contributed by atoms with Crippen LogP contribution in [-0.4, -0.2) is 67.0 Å². The summed E-state index contributed by atoms with van der Waals surface area (Å²) in [7, 11) is -3.76. The molecule has 0 saturated carbocycles. The van der Waals surface area contributed by atoms with Crippen LogP contribution in [0.1, 0.15) is 28.4 Å². The van der Waals surface area contributed by atoms with Crippen molar-refractivity contribution in [3.63, 3.8) is 0 Å². The Balaban J connectivity index is 1.55. The predicted molar refractivity (Wildman–Crippen MR) is 143 cm³/mol. The number of amides is 2. The van der Waals surface area contributed by atoms with E-state index in [0.717, 1.165) is 21.3 Å². The summed E-state index contributed by atoms with van der Waals surface area (Å²) in [4.78, 5) is 31.4. The molecule has 0 bridgehead atoms. The van der Waals surface area contributed by atoms with Gasteiger partial charge in [0.15, 0.2) is 4.80 Å². The minimum atomic E-state index is -3.76. The van der Waals surface area contributed by atoms with Crippen LogP contribution < -0.4 is 4.80 Å². The average molecular weight is 543 g/mol. The number of hydrogen-bond donors (Lipinski definition) is 0. The molecule has 1 aliphatic heterocycles. The number of thiazole rings is 1. The summed E-state index contributed by atoms with van der Waals surface area (Å²) in [6, 6.07) is 9.97. The fraction of sp³-hybridized carbons (Fsp3) is 0.346. The van der Waals surface area contributed by atoms with E-state index in [1.165, 1.54) is 44.8 Å². The van der Waals surface area contributed by atoms with Crippen molar-refractivity contribution in [3.8, 4) is 0 Å². The molecule has 2 heterocycles. The van der Waals surface area contributed by atoms with Gasteiger partial charge in [-0.25, -0.2) is 13.2 Å². The lowest BCUT2D eigenvalue weighted by Gasteiger charge is -2.33. The third-order valence-electron chi connectivity index (χ3n) is 6.31. The summed E-state index contributed by atoms with van der Waals surface area (Å²) in [5.41, 5.74) is 3.60. The minimum Gasteiger partial charge on any atom is -0.450 e. The highest BCUT2D eigenvalue weighted by molar-refractivity contribution is 7.89. The van der Waals surface area contributed by atoms with Gasteiger partial charge in [0.25, 0.3) is 5.91 Å². The fourth-order valence-electron chi connectivity index (χ4n) is 4.11. The van der Waals surface area contributed by atoms with Crippen LogP contribution in [0.3, 0.4) is 0 Å². The molecule has 0 N–H and O–H groups in total. The largest absolute Gasteiger partial charge is 0.450 e. The highest BCUT2D eigenvalue weighted by Crippen LogP contribution is 2.23. The minimum absolute atomic E-state index is 0.0863. The molecule has 196 valence electrons. The number of allylic oxidation sites excluding steroid dienone is 1. The summed E-state index contributed by atoms with van der Waals surface area (Å²) in [6.45, 7) is 11.3. The standard InChI is InChI=1S/C26H30N4O5S2/c1-5-11-30-22-16-18(3)19(4)17-23(22)36-25(30)27-24(31)20-7-9-21(10-8-20)37(33,34)29-14-12-28(13-15-29)26(32)35-6-2/h5,7-10,16-17H,1,6,11-15H2,2-4H3. The lowest BCUT2D eigenvalue weighted by Crippen LogP contribution is -2.50. The first kappa shape index (κ1) is 26.8. The molecule has 37 heavy (non-hydrogen) atoms. The maximum absolute atomic E-state index is 13.1. The van der Waals surface area contributed by atoms with Gasteiger partial charge in [-0.15, -0.1) is 6.58 Å². The molecule has 2 amide bonds. The zero-order valence-corrected chi connectivity index (χ0v) is 22.8. The van der Waals surface area contributed by atoms with Gasteiger partial charge in [-0.1, -0.05) is 17.4 Å². The number of piperazine rings is 1. The van der Waals surface area contributed by atoms with Crippen molar-refractivity contribution in [2.24, 2.45) is 4.99 Å². The second-order valence-electron chi connectivity index (χ2n) is 8.72. The zero-order chi connectivity index (χ0) is 26.7. The quantitative estimate of drug-likeness (QED) is 0.442. The highest BCUT2D eigenvalue weighted by atomic mass is 32.2. The van der Waals surface area contributed by atoms with Crippen LogP contribution >= 0.6 is 11.3 Å². The highest BCUT2D eigenvalue weighted by Gasteiger charge is 2.30. The molecule has 1 saturated heterocycles. The number of benzene rings is 2. The van der Waals surface area contributed by atoms with Crippen LogP contribution in [0, 0.1) is 13.8 Å². The Morgan fingerprint density at radius 1 is 1.08 bits per heavy atom. The van der Waals surface area contributed by atoms with Gasteiger partial charge in [0.2, 0.25) is 10.0 Å². The second kappa shape index (κ2) is 11.0. The monoisotopic (exact) mass is 542 g/mol. The van der Waals surface area contributed by atoms with Gasteiger partial charge in [-0.2, -0.15) is 9.30 Å². The van der Waals surface area contributed by atoms with Crippen LogP contribution in [0.25, 0.3) is 10.2 Å². The number of sulfonamides is 1. The molecule has 0 spiro atoms. The van der Waals surface area contributed by atoms with Gasteiger partial charge in [-0.3, -0.25) is 4.79 Å². The Kier molecular flexibility index (Phi) is 7.96. The summed E-state index contributed by atoms with van der Waals surface area (Å²) in [5, 5.41) is 0. The first-order chi connectivity index (χ1) is 17.6. The van der Waals surface area contributed by atoms with Crippen molar-refractivity contribution >= 4 is 43.6 Å². The Morgan fingerprint density at radius 3 is 2.35 bits per heavy atom. The Labute approximate surface area is 220 Å². The molecule has 0 unspecified atom stereocenters. The van der Waals surface area contributed by atoms with Gasteiger partial charge in [0.1, 0.15) is 0 Å². The fourth-order valence-corrected chi connectivity index (χ4v) is 6.65. The van der Waals surface area contributed by atoms with E-state index in [1.807, 2.05) is 18.4 Å². The summed E-state index contributed by atoms with van der Waals surface area (Å²) in [6.07, 6.45) is 1.32. The number of nitrogens with zero attached hydrogens (tertiary/aromatic N) is 4. The molecule has 3 aromatic rings. The third-order valence-corrected chi connectivity index (χ3v) is 9.26. The third kappa shape index (κ3) is 5.53. The molecular formula is C26H30N4O5S2. The summed E-state index contributed by atoms with van der Waals surface area (Å²) >= 11 is 1.43. The molecule has 0 radical (unpaired) electrons. The Hall–Kier alpha value is -3.28. The molecule has 1 aromatic heterocycles. The van der Waals surface area contributed by atoms with Crippen molar-refractivity contribution < 1.29 is 22.7 Å². The van der Waals surface area contributed by atoms with E-state index in [1.54, 1.807) is 13.0 Å². The van der Waals surface area contributed by atoms with Gasteiger partial charge >= 0.3 is 6.09 Å². The molecule has 0 atom stereocenters. The van der Waals surface area contributed by atoms with E-state index in [0.29, 0.717) is 16.9 Å². The smallest absolute Gasteiger partial charge is 0.409 e. The molecule has 0 aliphatic carbocycles. The maximum Gasteiger partial charge on any atom is 0.409 e. The van der Waals surface area contributed by atoms with E-state index in [2.05, 4.69) is 23.7 Å². The number of carbonyl (C=O) groups is 2. The van der Waals surface area contributed by atoms with Crippen molar-refractivity contribution in [2.75, 3.05) is 32.8 Å². The van der Waals surface area contributed by atoms with E-state index in [4.69, 9.17) is 4.74 Å². The molecule has 1 aliphatic rings. The molecule has 1 fully saturated rings. The number of fused-ring (bicyclic) bond motifs is 1. The normalized spacial score (nSPS) is 15.2. The van der Waals surface area contributed by atoms with Crippen molar-refractivity contribution in [1.82, 2.24) is 13.8 Å². The zero-order valence-electron chi connectivity index (χ0n) is 21.1. The van der Waals surface area contributed by atoms with Gasteiger partial charge in [-0.05, 0) is 68.3 Å². The van der Waals surface area contributed by atoms with Crippen LogP contribution in [0.5, 0.6) is 0 Å². The van der Waals surface area contributed by atoms with Gasteiger partial charge in [0, 0.05) is 38.3 Å². The summed E-state index contributed by atoms with van der Waals surface area (Å²) < 4.78 is 35.5. The van der Waals surface area contributed by atoms with Gasteiger partial charge < -0.3 is 14.2 Å². The molecule has 4 rings (SSSR count). The van der Waals surface area contributed by atoms with Crippen molar-refractivity contribution in [2.45, 2.75) is 32.2 Å². The average Bonchev–Trinajstić information content (AvgIpc) is 3.20. The Morgan fingerprint density at radius 2 is 1.73 bits per heavy atom. The number of hydrogen-bond acceptors (Lipinski definition) is 6. The number of ether oxygens (including phenoxy) is 1. The molecule has 11 heteroatoms. The number of rotatable bonds is 6. The number of aryl methyl sites for hydroxylation is 2. The topological polar surface area (TPSA) is 101 Å². The van der Waals surface area contributed by atoms with E-state index in [9.17, 15) is 18.0 Å². The van der Waals surface area contributed by atoms with Gasteiger partial charge in [0.05, 0.1) is 21.7 Å². The summed E-state index contributed by atoms with van der Waals surface area (Å²) in [5.74, 6) is -0.454. The predicted octanol–water partition coefficient (Wildman–Crippen LogP) is 3.71. The molecule has 9 nitrogen and oxygen atoms in total. The van der Waals surface area contributed by atoms with Crippen molar-refractivity contribution in [3.05, 3.63) is 70.5 Å². The van der Waals surface area contributed by atoms with E-state index < -0.39 is 22.0 Å². The molecular weight excluding hydrogens is 512 g/mol.